The molecule has 4 aromatic rings. The third kappa shape index (κ3) is 14.2. The van der Waals surface area contributed by atoms with E-state index in [9.17, 15) is 0 Å². The molecule has 320 valence electrons. The maximum absolute atomic E-state index is 7.05. The predicted octanol–water partition coefficient (Wildman–Crippen LogP) is 15.0. The molecule has 2 aliphatic carbocycles. The number of aryl methyl sites for hydroxylation is 4. The topological polar surface area (TPSA) is 60.8 Å². The maximum atomic E-state index is 7.05. The summed E-state index contributed by atoms with van der Waals surface area (Å²) in [4.78, 5) is 19.5. The normalized spacial score (nSPS) is 19.5. The lowest BCUT2D eigenvalue weighted by Gasteiger charge is -2.29. The summed E-state index contributed by atoms with van der Waals surface area (Å²) in [6, 6.07) is 14.1. The van der Waals surface area contributed by atoms with Gasteiger partial charge in [0.15, 0.2) is 0 Å². The van der Waals surface area contributed by atoms with Crippen molar-refractivity contribution in [1.82, 2.24) is 19.9 Å². The van der Waals surface area contributed by atoms with Crippen LogP contribution in [0.15, 0.2) is 61.2 Å². The Labute approximate surface area is 359 Å². The van der Waals surface area contributed by atoms with Gasteiger partial charge in [-0.25, -0.2) is 19.9 Å². The van der Waals surface area contributed by atoms with Gasteiger partial charge < -0.3 is 4.74 Å². The molecule has 2 aromatic heterocycles. The molecule has 2 aromatic carbocycles. The van der Waals surface area contributed by atoms with E-state index in [1.807, 2.05) is 0 Å². The molecule has 2 heterocycles. The Morgan fingerprint density at radius 3 is 1.19 bits per heavy atom. The fraction of sp³-hybridized carbons (Fsp3) is 0.630. The van der Waals surface area contributed by atoms with Crippen LogP contribution in [0.5, 0.6) is 11.5 Å². The van der Waals surface area contributed by atoms with Gasteiger partial charge in [-0.05, 0) is 160 Å². The largest absolute Gasteiger partial charge is 0.457 e. The molecule has 0 amide bonds. The fourth-order valence-corrected chi connectivity index (χ4v) is 9.94. The van der Waals surface area contributed by atoms with E-state index in [0.29, 0.717) is 23.7 Å². The summed E-state index contributed by atoms with van der Waals surface area (Å²) in [5.41, 5.74) is 8.21. The number of hydrogen-bond donors (Lipinski definition) is 0. The molecule has 0 unspecified atom stereocenters. The predicted molar refractivity (Wildman–Crippen MR) is 247 cm³/mol. The van der Waals surface area contributed by atoms with Gasteiger partial charge in [0.05, 0.1) is 0 Å². The first kappa shape index (κ1) is 44.9. The lowest BCUT2D eigenvalue weighted by atomic mass is 9.78. The Balaban J connectivity index is 1.06. The number of hydrogen-bond acceptors (Lipinski definition) is 5. The summed E-state index contributed by atoms with van der Waals surface area (Å²) in [5.74, 6) is 6.50. The molecule has 6 rings (SSSR count). The van der Waals surface area contributed by atoms with Gasteiger partial charge >= 0.3 is 0 Å². The molecule has 5 heteroatoms. The third-order valence-electron chi connectivity index (χ3n) is 13.6. The van der Waals surface area contributed by atoms with Crippen molar-refractivity contribution in [2.45, 2.75) is 206 Å². The van der Waals surface area contributed by atoms with Crippen molar-refractivity contribution in [2.75, 3.05) is 0 Å². The minimum absolute atomic E-state index is 0.481. The van der Waals surface area contributed by atoms with E-state index in [0.717, 1.165) is 74.5 Å². The van der Waals surface area contributed by atoms with Crippen molar-refractivity contribution in [2.24, 2.45) is 11.8 Å². The van der Waals surface area contributed by atoms with Gasteiger partial charge in [-0.15, -0.1) is 0 Å². The van der Waals surface area contributed by atoms with Crippen LogP contribution in [0, 0.1) is 11.8 Å². The van der Waals surface area contributed by atoms with Crippen LogP contribution >= 0.6 is 0 Å². The van der Waals surface area contributed by atoms with Crippen LogP contribution in [-0.4, -0.2) is 19.9 Å². The SMILES string of the molecule is CCCCCCCc1cnc([C@H]2CC[C@H](Cc3cc(CCC)ccc3Oc3ccc(CCC)cc3C[C@H]3CC[C@H](c4ncc(CCCCCCC)cn4)CC3)CC2)nc1. The quantitative estimate of drug-likeness (QED) is 0.0661. The zero-order valence-electron chi connectivity index (χ0n) is 37.7. The molecule has 2 aliphatic rings. The Hall–Kier alpha value is -3.60. The second kappa shape index (κ2) is 24.6. The van der Waals surface area contributed by atoms with Gasteiger partial charge in [-0.1, -0.05) is 116 Å². The molecular weight excluding hydrogens is 721 g/mol. The van der Waals surface area contributed by atoms with Crippen molar-refractivity contribution >= 4 is 0 Å². The van der Waals surface area contributed by atoms with E-state index < -0.39 is 0 Å². The lowest BCUT2D eigenvalue weighted by Crippen LogP contribution is -2.18. The number of aromatic nitrogens is 4. The molecule has 0 N–H and O–H groups in total. The smallest absolute Gasteiger partial charge is 0.131 e. The molecule has 0 spiro atoms. The second-order valence-corrected chi connectivity index (χ2v) is 18.6. The number of ether oxygens (including phenoxy) is 1. The van der Waals surface area contributed by atoms with Crippen LogP contribution in [0.1, 0.15) is 213 Å². The van der Waals surface area contributed by atoms with E-state index in [-0.39, 0.29) is 0 Å². The van der Waals surface area contributed by atoms with Crippen LogP contribution in [-0.2, 0) is 38.5 Å². The lowest BCUT2D eigenvalue weighted by molar-refractivity contribution is 0.312. The Morgan fingerprint density at radius 2 is 0.814 bits per heavy atom. The Morgan fingerprint density at radius 1 is 0.424 bits per heavy atom. The highest BCUT2D eigenvalue weighted by atomic mass is 16.5. The van der Waals surface area contributed by atoms with E-state index in [4.69, 9.17) is 24.7 Å². The van der Waals surface area contributed by atoms with E-state index in [1.54, 1.807) is 0 Å². The Bertz CT molecular complexity index is 1640. The minimum Gasteiger partial charge on any atom is -0.457 e. The summed E-state index contributed by atoms with van der Waals surface area (Å²) in [6.07, 6.45) is 40.0. The average Bonchev–Trinajstić information content (AvgIpc) is 3.26. The molecule has 5 nitrogen and oxygen atoms in total. The molecular formula is C54H78N4O. The molecule has 2 saturated carbocycles. The van der Waals surface area contributed by atoms with Crippen LogP contribution in [0.25, 0.3) is 0 Å². The number of nitrogens with zero attached hydrogens (tertiary/aromatic N) is 4. The van der Waals surface area contributed by atoms with Gasteiger partial charge in [0.2, 0.25) is 0 Å². The number of rotatable bonds is 24. The molecule has 59 heavy (non-hydrogen) atoms. The van der Waals surface area contributed by atoms with Crippen LogP contribution in [0.2, 0.25) is 0 Å². The Kier molecular flexibility index (Phi) is 18.7. The number of unbranched alkanes of at least 4 members (excludes halogenated alkanes) is 8. The van der Waals surface area contributed by atoms with Crippen LogP contribution in [0.4, 0.5) is 0 Å². The highest BCUT2D eigenvalue weighted by Crippen LogP contribution is 2.41. The van der Waals surface area contributed by atoms with E-state index >= 15 is 0 Å². The second-order valence-electron chi connectivity index (χ2n) is 18.6. The zero-order valence-corrected chi connectivity index (χ0v) is 37.7. The van der Waals surface area contributed by atoms with Gasteiger partial charge in [0.1, 0.15) is 23.1 Å². The van der Waals surface area contributed by atoms with Gasteiger partial charge in [-0.2, -0.15) is 0 Å². The van der Waals surface area contributed by atoms with Crippen molar-refractivity contribution in [3.8, 4) is 11.5 Å². The highest BCUT2D eigenvalue weighted by molar-refractivity contribution is 5.45. The molecule has 0 aliphatic heterocycles. The molecule has 0 saturated heterocycles. The van der Waals surface area contributed by atoms with Crippen molar-refractivity contribution < 1.29 is 4.74 Å². The summed E-state index contributed by atoms with van der Waals surface area (Å²) >= 11 is 0. The molecule has 0 bridgehead atoms. The van der Waals surface area contributed by atoms with Crippen molar-refractivity contribution in [1.29, 1.82) is 0 Å². The first-order chi connectivity index (χ1) is 29.0. The maximum Gasteiger partial charge on any atom is 0.131 e. The van der Waals surface area contributed by atoms with E-state index in [2.05, 4.69) is 88.9 Å². The highest BCUT2D eigenvalue weighted by Gasteiger charge is 2.27. The zero-order chi connectivity index (χ0) is 41.1. The molecule has 0 atom stereocenters. The number of benzene rings is 2. The molecule has 0 radical (unpaired) electrons. The fourth-order valence-electron chi connectivity index (χ4n) is 9.94. The van der Waals surface area contributed by atoms with Crippen LogP contribution < -0.4 is 4.74 Å². The van der Waals surface area contributed by atoms with Gasteiger partial charge in [0.25, 0.3) is 0 Å². The summed E-state index contributed by atoms with van der Waals surface area (Å²) in [6.45, 7) is 9.12. The van der Waals surface area contributed by atoms with Crippen molar-refractivity contribution in [3.63, 3.8) is 0 Å². The van der Waals surface area contributed by atoms with Crippen LogP contribution in [0.3, 0.4) is 0 Å². The minimum atomic E-state index is 0.481. The van der Waals surface area contributed by atoms with Crippen molar-refractivity contribution in [3.05, 3.63) is 106 Å². The molecule has 2 fully saturated rings. The summed E-state index contributed by atoms with van der Waals surface area (Å²) in [7, 11) is 0. The standard InChI is InChI=1S/C54H78N4O/c1-5-9-11-13-15-19-45-37-55-53(56-38-45)47-27-21-43(22-28-47)35-49-33-41(17-7-3)25-31-51(49)59-52-32-26-42(18-8-4)34-50(52)36-44-23-29-48(30-24-44)54-57-39-46(40-58-54)20-16-14-12-10-6-2/h25-26,31-34,37-40,43-44,47-48H,5-24,27-30,35-36H2,1-4H3/t43-,44-,47-,48-. The third-order valence-corrected chi connectivity index (χ3v) is 13.6. The summed E-state index contributed by atoms with van der Waals surface area (Å²) < 4.78 is 7.05. The monoisotopic (exact) mass is 799 g/mol. The average molecular weight is 799 g/mol. The first-order valence-electron chi connectivity index (χ1n) is 24.6. The van der Waals surface area contributed by atoms with Gasteiger partial charge in [-0.3, -0.25) is 0 Å². The summed E-state index contributed by atoms with van der Waals surface area (Å²) in [5, 5.41) is 0. The van der Waals surface area contributed by atoms with E-state index in [1.165, 1.54) is 149 Å². The first-order valence-corrected chi connectivity index (χ1v) is 24.6. The van der Waals surface area contributed by atoms with Gasteiger partial charge in [0, 0.05) is 36.6 Å².